The summed E-state index contributed by atoms with van der Waals surface area (Å²) in [4.78, 5) is 11.0. The number of esters is 1. The summed E-state index contributed by atoms with van der Waals surface area (Å²) in [5.41, 5.74) is 1.02. The molecule has 1 aromatic carbocycles. The Balaban J connectivity index is 0.00000106. The molecule has 1 aromatic rings. The van der Waals surface area contributed by atoms with E-state index in [1.54, 1.807) is 31.2 Å². The minimum atomic E-state index is -0.180. The zero-order valence-electron chi connectivity index (χ0n) is 9.61. The van der Waals surface area contributed by atoms with Crippen LogP contribution in [0.4, 0.5) is 0 Å². The van der Waals surface area contributed by atoms with Gasteiger partial charge < -0.3 is 9.84 Å². The van der Waals surface area contributed by atoms with Crippen molar-refractivity contribution in [3.8, 4) is 5.75 Å². The van der Waals surface area contributed by atoms with Crippen molar-refractivity contribution in [3.05, 3.63) is 43.0 Å². The lowest BCUT2D eigenvalue weighted by Crippen LogP contribution is -2.04. The minimum absolute atomic E-state index is 0.180. The van der Waals surface area contributed by atoms with Crippen LogP contribution in [-0.2, 0) is 16.0 Å². The molecule has 0 bridgehead atoms. The first kappa shape index (κ1) is 14.2. The third kappa shape index (κ3) is 5.86. The van der Waals surface area contributed by atoms with Crippen LogP contribution in [-0.4, -0.2) is 17.7 Å². The number of phenolic OH excluding ortho intramolecular Hbond substituents is 1. The normalized spacial score (nSPS) is 8.81. The number of ether oxygens (including phenoxy) is 1. The molecule has 0 atom stereocenters. The highest BCUT2D eigenvalue weighted by Gasteiger charge is 2.01. The van der Waals surface area contributed by atoms with E-state index < -0.39 is 0 Å². The van der Waals surface area contributed by atoms with Gasteiger partial charge in [-0.2, -0.15) is 0 Å². The van der Waals surface area contributed by atoms with Crippen molar-refractivity contribution in [3.63, 3.8) is 0 Å². The first-order chi connectivity index (χ1) is 7.72. The fourth-order valence-electron chi connectivity index (χ4n) is 1.14. The standard InChI is InChI=1S/C11H14O3.C2H4/c1-2-14-11(13)8-5-9-3-6-10(12)7-4-9;1-2/h3-4,6-7,12H,2,5,8H2,1H3;1-2H2. The van der Waals surface area contributed by atoms with Crippen LogP contribution in [0.3, 0.4) is 0 Å². The molecule has 16 heavy (non-hydrogen) atoms. The third-order valence-corrected chi connectivity index (χ3v) is 1.86. The molecule has 1 rings (SSSR count). The highest BCUT2D eigenvalue weighted by molar-refractivity contribution is 5.69. The highest BCUT2D eigenvalue weighted by Crippen LogP contribution is 2.11. The zero-order valence-corrected chi connectivity index (χ0v) is 9.61. The fourth-order valence-corrected chi connectivity index (χ4v) is 1.14. The van der Waals surface area contributed by atoms with Crippen LogP contribution in [0.2, 0.25) is 0 Å². The minimum Gasteiger partial charge on any atom is -0.508 e. The van der Waals surface area contributed by atoms with Gasteiger partial charge in [-0.3, -0.25) is 4.79 Å². The SMILES string of the molecule is C=C.CCOC(=O)CCc1ccc(O)cc1. The Bertz CT molecular complexity index is 303. The van der Waals surface area contributed by atoms with Gasteiger partial charge >= 0.3 is 5.97 Å². The Morgan fingerprint density at radius 3 is 2.38 bits per heavy atom. The van der Waals surface area contributed by atoms with Crippen molar-refractivity contribution in [2.45, 2.75) is 19.8 Å². The smallest absolute Gasteiger partial charge is 0.306 e. The van der Waals surface area contributed by atoms with Gasteiger partial charge in [-0.1, -0.05) is 12.1 Å². The van der Waals surface area contributed by atoms with Gasteiger partial charge in [0.2, 0.25) is 0 Å². The summed E-state index contributed by atoms with van der Waals surface area (Å²) < 4.78 is 4.80. The van der Waals surface area contributed by atoms with E-state index in [1.807, 2.05) is 0 Å². The van der Waals surface area contributed by atoms with Crippen LogP contribution >= 0.6 is 0 Å². The van der Waals surface area contributed by atoms with Gasteiger partial charge in [-0.25, -0.2) is 0 Å². The summed E-state index contributed by atoms with van der Waals surface area (Å²) >= 11 is 0. The van der Waals surface area contributed by atoms with E-state index in [4.69, 9.17) is 9.84 Å². The number of carbonyl (C=O) groups excluding carboxylic acids is 1. The van der Waals surface area contributed by atoms with E-state index >= 15 is 0 Å². The molecular weight excluding hydrogens is 204 g/mol. The summed E-state index contributed by atoms with van der Waals surface area (Å²) in [6.45, 7) is 8.22. The number of carbonyl (C=O) groups is 1. The molecule has 0 saturated carbocycles. The molecule has 0 amide bonds. The Labute approximate surface area is 96.4 Å². The molecule has 0 saturated heterocycles. The van der Waals surface area contributed by atoms with Crippen LogP contribution in [0.15, 0.2) is 37.4 Å². The molecule has 0 unspecified atom stereocenters. The van der Waals surface area contributed by atoms with Crippen molar-refractivity contribution in [2.24, 2.45) is 0 Å². The van der Waals surface area contributed by atoms with E-state index in [-0.39, 0.29) is 11.7 Å². The molecule has 0 aliphatic rings. The highest BCUT2D eigenvalue weighted by atomic mass is 16.5. The molecule has 1 N–H and O–H groups in total. The largest absolute Gasteiger partial charge is 0.508 e. The van der Waals surface area contributed by atoms with Gasteiger partial charge in [0.15, 0.2) is 0 Å². The van der Waals surface area contributed by atoms with E-state index in [2.05, 4.69) is 13.2 Å². The van der Waals surface area contributed by atoms with Gasteiger partial charge in [-0.05, 0) is 31.0 Å². The number of hydrogen-bond acceptors (Lipinski definition) is 3. The monoisotopic (exact) mass is 222 g/mol. The Kier molecular flexibility index (Phi) is 7.59. The number of aromatic hydroxyl groups is 1. The number of rotatable bonds is 4. The molecule has 0 radical (unpaired) electrons. The van der Waals surface area contributed by atoms with Crippen LogP contribution in [0, 0.1) is 0 Å². The molecule has 0 fully saturated rings. The summed E-state index contributed by atoms with van der Waals surface area (Å²) in [5, 5.41) is 9.03. The lowest BCUT2D eigenvalue weighted by molar-refractivity contribution is -0.143. The Hall–Kier alpha value is -1.77. The van der Waals surface area contributed by atoms with Gasteiger partial charge in [0.05, 0.1) is 6.61 Å². The topological polar surface area (TPSA) is 46.5 Å². The summed E-state index contributed by atoms with van der Waals surface area (Å²) in [6, 6.07) is 6.82. The Morgan fingerprint density at radius 2 is 1.88 bits per heavy atom. The lowest BCUT2D eigenvalue weighted by Gasteiger charge is -2.02. The van der Waals surface area contributed by atoms with Crippen molar-refractivity contribution in [2.75, 3.05) is 6.61 Å². The maximum atomic E-state index is 11.0. The molecule has 0 aliphatic carbocycles. The quantitative estimate of drug-likeness (QED) is 0.629. The molecule has 0 spiro atoms. The van der Waals surface area contributed by atoms with Crippen LogP contribution < -0.4 is 0 Å². The predicted molar refractivity (Wildman–Crippen MR) is 64.3 cm³/mol. The summed E-state index contributed by atoms with van der Waals surface area (Å²) in [5.74, 6) is 0.0606. The maximum Gasteiger partial charge on any atom is 0.306 e. The average molecular weight is 222 g/mol. The zero-order chi connectivity index (χ0) is 12.4. The van der Waals surface area contributed by atoms with Crippen molar-refractivity contribution in [1.29, 1.82) is 0 Å². The third-order valence-electron chi connectivity index (χ3n) is 1.86. The van der Waals surface area contributed by atoms with Gasteiger partial charge in [-0.15, -0.1) is 13.2 Å². The summed E-state index contributed by atoms with van der Waals surface area (Å²) in [6.07, 6.45) is 1.04. The predicted octanol–water partition coefficient (Wildman–Crippen LogP) is 2.69. The molecule has 3 heteroatoms. The van der Waals surface area contributed by atoms with E-state index in [1.165, 1.54) is 0 Å². The molecule has 88 valence electrons. The van der Waals surface area contributed by atoms with Crippen LogP contribution in [0.25, 0.3) is 0 Å². The average Bonchev–Trinajstić information content (AvgIpc) is 2.31. The van der Waals surface area contributed by atoms with Crippen molar-refractivity contribution in [1.82, 2.24) is 0 Å². The molecule has 3 nitrogen and oxygen atoms in total. The Morgan fingerprint density at radius 1 is 1.31 bits per heavy atom. The number of hydrogen-bond donors (Lipinski definition) is 1. The van der Waals surface area contributed by atoms with Crippen molar-refractivity contribution >= 4 is 5.97 Å². The fraction of sp³-hybridized carbons (Fsp3) is 0.308. The number of aryl methyl sites for hydroxylation is 1. The van der Waals surface area contributed by atoms with E-state index in [9.17, 15) is 4.79 Å². The molecular formula is C13H18O3. The maximum absolute atomic E-state index is 11.0. The molecule has 0 aliphatic heterocycles. The second-order valence-corrected chi connectivity index (χ2v) is 2.97. The first-order valence-corrected chi connectivity index (χ1v) is 5.16. The molecule has 0 aromatic heterocycles. The van der Waals surface area contributed by atoms with Gasteiger partial charge in [0.1, 0.15) is 5.75 Å². The lowest BCUT2D eigenvalue weighted by atomic mass is 10.1. The second kappa shape index (κ2) is 8.53. The second-order valence-electron chi connectivity index (χ2n) is 2.97. The van der Waals surface area contributed by atoms with Crippen LogP contribution in [0.1, 0.15) is 18.9 Å². The van der Waals surface area contributed by atoms with Crippen molar-refractivity contribution < 1.29 is 14.6 Å². The van der Waals surface area contributed by atoms with E-state index in [0.29, 0.717) is 19.4 Å². The van der Waals surface area contributed by atoms with Gasteiger partial charge in [0, 0.05) is 6.42 Å². The summed E-state index contributed by atoms with van der Waals surface area (Å²) in [7, 11) is 0. The van der Waals surface area contributed by atoms with E-state index in [0.717, 1.165) is 5.56 Å². The molecule has 0 heterocycles. The van der Waals surface area contributed by atoms with Crippen LogP contribution in [0.5, 0.6) is 5.75 Å². The first-order valence-electron chi connectivity index (χ1n) is 5.16. The number of benzene rings is 1. The number of phenols is 1. The van der Waals surface area contributed by atoms with Gasteiger partial charge in [0.25, 0.3) is 0 Å².